The highest BCUT2D eigenvalue weighted by Crippen LogP contribution is 2.24. The van der Waals surface area contributed by atoms with Crippen molar-refractivity contribution < 1.29 is 29.0 Å². The summed E-state index contributed by atoms with van der Waals surface area (Å²) in [6, 6.07) is 15.4. The van der Waals surface area contributed by atoms with Gasteiger partial charge in [0.1, 0.15) is 24.5 Å². The lowest BCUT2D eigenvalue weighted by Gasteiger charge is -2.30. The minimum atomic E-state index is -1.32. The Morgan fingerprint density at radius 1 is 1.08 bits per heavy atom. The first kappa shape index (κ1) is 27.3. The molecule has 2 aliphatic heterocycles. The largest absolute Gasteiger partial charge is 0.444 e. The Hall–Kier alpha value is -3.72. The monoisotopic (exact) mass is 521 g/mol. The predicted molar refractivity (Wildman–Crippen MR) is 140 cm³/mol. The average Bonchev–Trinajstić information content (AvgIpc) is 3.34. The number of carbonyl (C=O) groups excluding carboxylic acids is 4. The summed E-state index contributed by atoms with van der Waals surface area (Å²) in [5.41, 5.74) is 3.09. The van der Waals surface area contributed by atoms with E-state index in [-0.39, 0.29) is 25.3 Å². The van der Waals surface area contributed by atoms with Crippen LogP contribution in [0.2, 0.25) is 0 Å². The lowest BCUT2D eigenvalue weighted by Crippen LogP contribution is -2.55. The second-order valence-electron chi connectivity index (χ2n) is 10.3. The molecule has 202 valence electrons. The van der Waals surface area contributed by atoms with Gasteiger partial charge in [0.25, 0.3) is 0 Å². The lowest BCUT2D eigenvalue weighted by atomic mass is 10.0. The van der Waals surface area contributed by atoms with E-state index in [4.69, 9.17) is 4.74 Å². The molecule has 4 atom stereocenters. The minimum absolute atomic E-state index is 0.0596. The van der Waals surface area contributed by atoms with Gasteiger partial charge in [0.05, 0.1) is 12.6 Å². The zero-order valence-electron chi connectivity index (χ0n) is 21.8. The van der Waals surface area contributed by atoms with Crippen LogP contribution in [0.15, 0.2) is 54.6 Å². The normalized spacial score (nSPS) is 20.4. The summed E-state index contributed by atoms with van der Waals surface area (Å²) in [5.74, 6) is -1.39. The topological polar surface area (TPSA) is 116 Å². The van der Waals surface area contributed by atoms with E-state index in [1.165, 1.54) is 10.5 Å². The Labute approximate surface area is 222 Å². The van der Waals surface area contributed by atoms with Gasteiger partial charge in [-0.15, -0.1) is 0 Å². The summed E-state index contributed by atoms with van der Waals surface area (Å²) >= 11 is 0. The number of benzene rings is 2. The highest BCUT2D eigenvalue weighted by molar-refractivity contribution is 5.91. The maximum atomic E-state index is 13.5. The van der Waals surface area contributed by atoms with Gasteiger partial charge < -0.3 is 29.8 Å². The lowest BCUT2D eigenvalue weighted by molar-refractivity contribution is -0.141. The smallest absolute Gasteiger partial charge is 0.410 e. The van der Waals surface area contributed by atoms with Gasteiger partial charge in [-0.2, -0.15) is 0 Å². The molecule has 2 N–H and O–H groups in total. The number of nitrogens with zero attached hydrogens (tertiary/aromatic N) is 2. The van der Waals surface area contributed by atoms with E-state index in [0.717, 1.165) is 17.5 Å². The summed E-state index contributed by atoms with van der Waals surface area (Å²) in [5, 5.41) is 13.1. The highest BCUT2D eigenvalue weighted by atomic mass is 16.6. The molecule has 3 amide bonds. The van der Waals surface area contributed by atoms with E-state index in [1.807, 2.05) is 48.5 Å². The van der Waals surface area contributed by atoms with Gasteiger partial charge in [-0.05, 0) is 29.0 Å². The second kappa shape index (κ2) is 12.2. The Balaban J connectivity index is 1.36. The Morgan fingerprint density at radius 3 is 2.45 bits per heavy atom. The molecule has 9 heteroatoms. The van der Waals surface area contributed by atoms with Crippen molar-refractivity contribution in [3.8, 4) is 0 Å². The molecule has 38 heavy (non-hydrogen) atoms. The number of hydrogen-bond donors (Lipinski definition) is 2. The first-order valence-corrected chi connectivity index (χ1v) is 13.1. The molecule has 0 radical (unpaired) electrons. The fraction of sp³-hybridized carbons (Fsp3) is 0.448. The van der Waals surface area contributed by atoms with E-state index in [9.17, 15) is 24.3 Å². The van der Waals surface area contributed by atoms with Gasteiger partial charge in [-0.25, -0.2) is 4.79 Å². The van der Waals surface area contributed by atoms with Crippen molar-refractivity contribution in [3.63, 3.8) is 0 Å². The van der Waals surface area contributed by atoms with Crippen LogP contribution in [0.5, 0.6) is 0 Å². The fourth-order valence-corrected chi connectivity index (χ4v) is 5.03. The van der Waals surface area contributed by atoms with Crippen LogP contribution in [0.25, 0.3) is 0 Å². The first-order valence-electron chi connectivity index (χ1n) is 13.1. The third-order valence-corrected chi connectivity index (χ3v) is 7.21. The fourth-order valence-electron chi connectivity index (χ4n) is 5.03. The van der Waals surface area contributed by atoms with E-state index in [2.05, 4.69) is 11.4 Å². The summed E-state index contributed by atoms with van der Waals surface area (Å²) in [4.78, 5) is 53.9. The Kier molecular flexibility index (Phi) is 8.78. The summed E-state index contributed by atoms with van der Waals surface area (Å²) in [7, 11) is 0. The molecule has 2 heterocycles. The maximum absolute atomic E-state index is 13.5. The van der Waals surface area contributed by atoms with Crippen LogP contribution < -0.4 is 5.32 Å². The number of rotatable bonds is 8. The number of aliphatic hydroxyl groups is 1. The number of nitrogens with one attached hydrogen (secondary N) is 1. The molecule has 0 spiro atoms. The molecular weight excluding hydrogens is 486 g/mol. The molecule has 0 saturated carbocycles. The number of ether oxygens (including phenoxy) is 1. The number of carbonyl (C=O) groups is 4. The van der Waals surface area contributed by atoms with Gasteiger partial charge in [-0.3, -0.25) is 9.59 Å². The third-order valence-electron chi connectivity index (χ3n) is 7.21. The van der Waals surface area contributed by atoms with E-state index < -0.39 is 42.2 Å². The third kappa shape index (κ3) is 6.39. The number of aliphatic hydroxyl groups excluding tert-OH is 1. The summed E-state index contributed by atoms with van der Waals surface area (Å²) < 4.78 is 5.71. The van der Waals surface area contributed by atoms with Crippen molar-refractivity contribution >= 4 is 24.2 Å². The van der Waals surface area contributed by atoms with Crippen LogP contribution in [-0.4, -0.2) is 76.5 Å². The van der Waals surface area contributed by atoms with Crippen molar-refractivity contribution in [3.05, 3.63) is 71.3 Å². The van der Waals surface area contributed by atoms with E-state index in [1.54, 1.807) is 18.7 Å². The molecule has 0 unspecified atom stereocenters. The molecule has 2 aliphatic rings. The van der Waals surface area contributed by atoms with Gasteiger partial charge in [0.2, 0.25) is 11.8 Å². The maximum Gasteiger partial charge on any atom is 0.410 e. The van der Waals surface area contributed by atoms with Crippen molar-refractivity contribution in [2.75, 3.05) is 13.1 Å². The van der Waals surface area contributed by atoms with E-state index in [0.29, 0.717) is 19.4 Å². The molecule has 9 nitrogen and oxygen atoms in total. The summed E-state index contributed by atoms with van der Waals surface area (Å²) in [6.07, 6.45) is -0.704. The van der Waals surface area contributed by atoms with Crippen molar-refractivity contribution in [1.82, 2.24) is 15.1 Å². The van der Waals surface area contributed by atoms with Gasteiger partial charge >= 0.3 is 6.09 Å². The Morgan fingerprint density at radius 2 is 1.76 bits per heavy atom. The number of fused-ring (bicyclic) bond motifs is 1. The molecule has 2 aromatic carbocycles. The van der Waals surface area contributed by atoms with Gasteiger partial charge in [-0.1, -0.05) is 68.4 Å². The van der Waals surface area contributed by atoms with Gasteiger partial charge in [0, 0.05) is 25.9 Å². The first-order chi connectivity index (χ1) is 18.3. The molecule has 4 rings (SSSR count). The second-order valence-corrected chi connectivity index (χ2v) is 10.3. The Bertz CT molecular complexity index is 1150. The number of likely N-dealkylation sites (tertiary alicyclic amines) is 1. The highest BCUT2D eigenvalue weighted by Gasteiger charge is 2.41. The van der Waals surface area contributed by atoms with Crippen LogP contribution in [0, 0.1) is 5.92 Å². The SMILES string of the molecule is CC(C)[C@H](NC(=O)[C@@H](O)Cc1ccccc1)C(=O)N1C[C@H](OC(=O)N2CCc3ccccc3C2)C[C@H]1C=O. The van der Waals surface area contributed by atoms with Crippen LogP contribution in [0.4, 0.5) is 4.79 Å². The summed E-state index contributed by atoms with van der Waals surface area (Å²) in [6.45, 7) is 4.61. The van der Waals surface area contributed by atoms with Crippen LogP contribution in [0.3, 0.4) is 0 Å². The number of amides is 3. The minimum Gasteiger partial charge on any atom is -0.444 e. The standard InChI is InChI=1S/C29H35N3O6/c1-19(2)26(30-27(35)25(34)14-20-8-4-3-5-9-20)28(36)32-17-24(15-23(32)18-33)38-29(37)31-13-12-21-10-6-7-11-22(21)16-31/h3-11,18-19,23-26,34H,12-17H2,1-2H3,(H,30,35)/t23-,24+,25-,26-/m0/s1. The number of hydrogen-bond acceptors (Lipinski definition) is 6. The molecule has 0 aliphatic carbocycles. The molecule has 0 bridgehead atoms. The molecule has 2 aromatic rings. The van der Waals surface area contributed by atoms with E-state index >= 15 is 0 Å². The van der Waals surface area contributed by atoms with Crippen molar-refractivity contribution in [2.24, 2.45) is 5.92 Å². The number of aldehydes is 1. The zero-order chi connectivity index (χ0) is 27.2. The van der Waals surface area contributed by atoms with Crippen LogP contribution in [-0.2, 0) is 38.5 Å². The van der Waals surface area contributed by atoms with Crippen LogP contribution in [0.1, 0.15) is 37.0 Å². The molecular formula is C29H35N3O6. The average molecular weight is 522 g/mol. The zero-order valence-corrected chi connectivity index (χ0v) is 21.8. The molecule has 0 aromatic heterocycles. The van der Waals surface area contributed by atoms with Gasteiger partial charge in [0.15, 0.2) is 0 Å². The quantitative estimate of drug-likeness (QED) is 0.514. The molecule has 1 saturated heterocycles. The molecule has 1 fully saturated rings. The van der Waals surface area contributed by atoms with Crippen molar-refractivity contribution in [2.45, 2.75) is 63.9 Å². The van der Waals surface area contributed by atoms with Crippen LogP contribution >= 0.6 is 0 Å². The van der Waals surface area contributed by atoms with Crippen molar-refractivity contribution in [1.29, 1.82) is 0 Å². The predicted octanol–water partition coefficient (Wildman–Crippen LogP) is 2.09.